The van der Waals surface area contributed by atoms with Crippen molar-refractivity contribution in [2.75, 3.05) is 11.1 Å². The maximum absolute atomic E-state index is 11.8. The molecule has 1 heterocycles. The summed E-state index contributed by atoms with van der Waals surface area (Å²) in [6.45, 7) is 2.66. The molecule has 0 saturated heterocycles. The fourth-order valence-corrected chi connectivity index (χ4v) is 3.00. The van der Waals surface area contributed by atoms with E-state index in [9.17, 15) is 4.79 Å². The number of carbonyl (C=O) groups is 1. The third-order valence-electron chi connectivity index (χ3n) is 2.44. The predicted molar refractivity (Wildman–Crippen MR) is 83.0 cm³/mol. The first-order valence-corrected chi connectivity index (χ1v) is 7.95. The van der Waals surface area contributed by atoms with E-state index in [1.807, 2.05) is 41.8 Å². The first-order valence-electron chi connectivity index (χ1n) is 6.08. The SMILES string of the molecule is CCSc1ccccc1NC(=O)NCc1cccs1. The van der Waals surface area contributed by atoms with Crippen molar-refractivity contribution in [2.45, 2.75) is 18.4 Å². The van der Waals surface area contributed by atoms with Crippen LogP contribution in [0.5, 0.6) is 0 Å². The van der Waals surface area contributed by atoms with Gasteiger partial charge >= 0.3 is 6.03 Å². The Morgan fingerprint density at radius 3 is 2.84 bits per heavy atom. The molecular weight excluding hydrogens is 276 g/mol. The van der Waals surface area contributed by atoms with Gasteiger partial charge < -0.3 is 10.6 Å². The lowest BCUT2D eigenvalue weighted by Gasteiger charge is -2.10. The topological polar surface area (TPSA) is 41.1 Å². The maximum Gasteiger partial charge on any atom is 0.319 e. The standard InChI is InChI=1S/C14H16N2OS2/c1-2-18-13-8-4-3-7-12(13)16-14(17)15-10-11-6-5-9-19-11/h3-9H,2,10H2,1H3,(H2,15,16,17). The van der Waals surface area contributed by atoms with Crippen LogP contribution in [0, 0.1) is 0 Å². The number of hydrogen-bond donors (Lipinski definition) is 2. The normalized spacial score (nSPS) is 10.2. The summed E-state index contributed by atoms with van der Waals surface area (Å²) in [7, 11) is 0. The zero-order valence-corrected chi connectivity index (χ0v) is 12.3. The lowest BCUT2D eigenvalue weighted by Crippen LogP contribution is -2.28. The van der Waals surface area contributed by atoms with Gasteiger partial charge in [-0.25, -0.2) is 4.79 Å². The summed E-state index contributed by atoms with van der Waals surface area (Å²) in [5, 5.41) is 7.75. The lowest BCUT2D eigenvalue weighted by atomic mass is 10.3. The summed E-state index contributed by atoms with van der Waals surface area (Å²) in [6.07, 6.45) is 0. The number of urea groups is 1. The average molecular weight is 292 g/mol. The van der Waals surface area contributed by atoms with E-state index in [2.05, 4.69) is 17.6 Å². The highest BCUT2D eigenvalue weighted by molar-refractivity contribution is 7.99. The quantitative estimate of drug-likeness (QED) is 0.812. The molecular formula is C14H16N2OS2. The van der Waals surface area contributed by atoms with E-state index in [-0.39, 0.29) is 6.03 Å². The highest BCUT2D eigenvalue weighted by atomic mass is 32.2. The molecule has 2 amide bonds. The number of rotatable bonds is 5. The molecule has 0 unspecified atom stereocenters. The molecule has 0 radical (unpaired) electrons. The van der Waals surface area contributed by atoms with Gasteiger partial charge in [0.15, 0.2) is 0 Å². The monoisotopic (exact) mass is 292 g/mol. The molecule has 0 aliphatic heterocycles. The fraction of sp³-hybridized carbons (Fsp3) is 0.214. The predicted octanol–water partition coefficient (Wildman–Crippen LogP) is 4.18. The number of amides is 2. The molecule has 3 nitrogen and oxygen atoms in total. The average Bonchev–Trinajstić information content (AvgIpc) is 2.92. The third kappa shape index (κ3) is 4.29. The van der Waals surface area contributed by atoms with Crippen molar-refractivity contribution in [2.24, 2.45) is 0 Å². The van der Waals surface area contributed by atoms with Gasteiger partial charge in [0.2, 0.25) is 0 Å². The highest BCUT2D eigenvalue weighted by Crippen LogP contribution is 2.26. The van der Waals surface area contributed by atoms with Gasteiger partial charge in [0, 0.05) is 9.77 Å². The maximum atomic E-state index is 11.8. The van der Waals surface area contributed by atoms with Crippen LogP contribution in [0.15, 0.2) is 46.7 Å². The summed E-state index contributed by atoms with van der Waals surface area (Å²) < 4.78 is 0. The molecule has 2 rings (SSSR count). The Labute approximate surface area is 121 Å². The molecule has 19 heavy (non-hydrogen) atoms. The fourth-order valence-electron chi connectivity index (χ4n) is 1.60. The van der Waals surface area contributed by atoms with E-state index in [0.29, 0.717) is 6.54 Å². The molecule has 1 aromatic heterocycles. The number of thiophene rings is 1. The minimum atomic E-state index is -0.169. The smallest absolute Gasteiger partial charge is 0.319 e. The molecule has 0 aliphatic carbocycles. The van der Waals surface area contributed by atoms with Gasteiger partial charge in [-0.15, -0.1) is 23.1 Å². The van der Waals surface area contributed by atoms with Gasteiger partial charge in [0.05, 0.1) is 12.2 Å². The summed E-state index contributed by atoms with van der Waals surface area (Å²) in [5.41, 5.74) is 0.859. The van der Waals surface area contributed by atoms with Gasteiger partial charge in [-0.2, -0.15) is 0 Å². The first-order chi connectivity index (χ1) is 9.29. The van der Waals surface area contributed by atoms with Gasteiger partial charge in [0.25, 0.3) is 0 Å². The molecule has 0 fully saturated rings. The van der Waals surface area contributed by atoms with Crippen LogP contribution in [0.4, 0.5) is 10.5 Å². The summed E-state index contributed by atoms with van der Waals surface area (Å²) in [6, 6.07) is 11.7. The van der Waals surface area contributed by atoms with Crippen LogP contribution in [0.25, 0.3) is 0 Å². The molecule has 2 N–H and O–H groups in total. The second-order valence-electron chi connectivity index (χ2n) is 3.82. The molecule has 0 spiro atoms. The number of anilines is 1. The third-order valence-corrected chi connectivity index (χ3v) is 4.27. The molecule has 2 aromatic rings. The molecule has 100 valence electrons. The van der Waals surface area contributed by atoms with Gasteiger partial charge in [-0.3, -0.25) is 0 Å². The number of nitrogens with one attached hydrogen (secondary N) is 2. The molecule has 0 bridgehead atoms. The second-order valence-corrected chi connectivity index (χ2v) is 6.15. The minimum absolute atomic E-state index is 0.169. The van der Waals surface area contributed by atoms with Crippen molar-refractivity contribution < 1.29 is 4.79 Å². The van der Waals surface area contributed by atoms with Gasteiger partial charge in [0.1, 0.15) is 0 Å². The minimum Gasteiger partial charge on any atom is -0.333 e. The van der Waals surface area contributed by atoms with Crippen LogP contribution < -0.4 is 10.6 Å². The van der Waals surface area contributed by atoms with Crippen LogP contribution in [-0.4, -0.2) is 11.8 Å². The van der Waals surface area contributed by atoms with E-state index in [1.54, 1.807) is 23.1 Å². The van der Waals surface area contributed by atoms with Crippen LogP contribution in [0.1, 0.15) is 11.8 Å². The first kappa shape index (κ1) is 14.0. The Balaban J connectivity index is 1.91. The number of hydrogen-bond acceptors (Lipinski definition) is 3. The van der Waals surface area contributed by atoms with Crippen LogP contribution in [0.3, 0.4) is 0 Å². The second kappa shape index (κ2) is 7.21. The van der Waals surface area contributed by atoms with Crippen molar-refractivity contribution in [1.82, 2.24) is 5.32 Å². The number of thioether (sulfide) groups is 1. The Hall–Kier alpha value is -1.46. The van der Waals surface area contributed by atoms with Crippen molar-refractivity contribution in [3.05, 3.63) is 46.7 Å². The van der Waals surface area contributed by atoms with Crippen molar-refractivity contribution in [3.63, 3.8) is 0 Å². The molecule has 5 heteroatoms. The number of benzene rings is 1. The summed E-state index contributed by atoms with van der Waals surface area (Å²) in [4.78, 5) is 14.1. The van der Waals surface area contributed by atoms with E-state index >= 15 is 0 Å². The van der Waals surface area contributed by atoms with E-state index in [0.717, 1.165) is 21.2 Å². The Morgan fingerprint density at radius 2 is 2.11 bits per heavy atom. The Morgan fingerprint density at radius 1 is 1.26 bits per heavy atom. The molecule has 0 saturated carbocycles. The number of carbonyl (C=O) groups excluding carboxylic acids is 1. The van der Waals surface area contributed by atoms with Crippen molar-refractivity contribution in [1.29, 1.82) is 0 Å². The van der Waals surface area contributed by atoms with E-state index < -0.39 is 0 Å². The largest absolute Gasteiger partial charge is 0.333 e. The van der Waals surface area contributed by atoms with E-state index in [1.165, 1.54) is 0 Å². The summed E-state index contributed by atoms with van der Waals surface area (Å²) in [5.74, 6) is 0.982. The van der Waals surface area contributed by atoms with Gasteiger partial charge in [-0.05, 0) is 29.3 Å². The number of para-hydroxylation sites is 1. The van der Waals surface area contributed by atoms with Crippen LogP contribution in [0.2, 0.25) is 0 Å². The van der Waals surface area contributed by atoms with Gasteiger partial charge in [-0.1, -0.05) is 25.1 Å². The van der Waals surface area contributed by atoms with E-state index in [4.69, 9.17) is 0 Å². The zero-order chi connectivity index (χ0) is 13.5. The van der Waals surface area contributed by atoms with Crippen molar-refractivity contribution >= 4 is 34.8 Å². The lowest BCUT2D eigenvalue weighted by molar-refractivity contribution is 0.252. The molecule has 0 aliphatic rings. The van der Waals surface area contributed by atoms with Crippen LogP contribution in [-0.2, 0) is 6.54 Å². The van der Waals surface area contributed by atoms with Crippen molar-refractivity contribution in [3.8, 4) is 0 Å². The van der Waals surface area contributed by atoms with Crippen LogP contribution >= 0.6 is 23.1 Å². The zero-order valence-electron chi connectivity index (χ0n) is 10.7. The molecule has 1 aromatic carbocycles. The summed E-state index contributed by atoms with van der Waals surface area (Å²) >= 11 is 3.36. The Kier molecular flexibility index (Phi) is 5.30. The molecule has 0 atom stereocenters. The Bertz CT molecular complexity index is 526. The highest BCUT2D eigenvalue weighted by Gasteiger charge is 2.06.